The van der Waals surface area contributed by atoms with Gasteiger partial charge in [-0.3, -0.25) is 4.90 Å². The Hall–Kier alpha value is -1.10. The molecule has 3 atom stereocenters. The van der Waals surface area contributed by atoms with Gasteiger partial charge >= 0.3 is 0 Å². The van der Waals surface area contributed by atoms with Gasteiger partial charge in [0.05, 0.1) is 6.10 Å². The number of likely N-dealkylation sites (tertiary alicyclic amines) is 1. The number of hydrogen-bond donors (Lipinski definition) is 2. The van der Waals surface area contributed by atoms with Gasteiger partial charge < -0.3 is 15.7 Å². The Bertz CT molecular complexity index is 422. The van der Waals surface area contributed by atoms with Gasteiger partial charge in [-0.15, -0.1) is 0 Å². The molecule has 19 heavy (non-hydrogen) atoms. The van der Waals surface area contributed by atoms with Crippen LogP contribution in [0.3, 0.4) is 0 Å². The molecule has 1 aliphatic rings. The molecule has 1 aliphatic heterocycles. The first-order valence-electron chi connectivity index (χ1n) is 6.89. The minimum absolute atomic E-state index is 0.461. The van der Waals surface area contributed by atoms with Gasteiger partial charge in [-0.25, -0.2) is 0 Å². The van der Waals surface area contributed by atoms with E-state index in [0.717, 1.165) is 18.7 Å². The molecule has 1 heterocycles. The summed E-state index contributed by atoms with van der Waals surface area (Å²) in [6.45, 7) is 5.02. The third-order valence-electron chi connectivity index (χ3n) is 4.04. The molecule has 3 N–H and O–H groups in total. The Morgan fingerprint density at radius 3 is 2.74 bits per heavy atom. The number of rotatable bonds is 4. The average Bonchev–Trinajstić information content (AvgIpc) is 2.70. The van der Waals surface area contributed by atoms with Gasteiger partial charge in [0.2, 0.25) is 0 Å². The maximum atomic E-state index is 10.3. The first-order chi connectivity index (χ1) is 8.97. The Morgan fingerprint density at radius 2 is 2.16 bits per heavy atom. The normalized spacial score (nSPS) is 25.9. The first kappa shape index (κ1) is 14.3. The van der Waals surface area contributed by atoms with E-state index in [2.05, 4.69) is 30.8 Å². The van der Waals surface area contributed by atoms with E-state index in [1.165, 1.54) is 0 Å². The van der Waals surface area contributed by atoms with Gasteiger partial charge in [0.1, 0.15) is 0 Å². The number of nitrogens with zero attached hydrogens (tertiary/aromatic N) is 2. The second-order valence-electron chi connectivity index (χ2n) is 5.91. The van der Waals surface area contributed by atoms with Crippen LogP contribution in [0, 0.1) is 5.92 Å². The van der Waals surface area contributed by atoms with Crippen molar-refractivity contribution >= 4 is 5.69 Å². The summed E-state index contributed by atoms with van der Waals surface area (Å²) < 4.78 is 0. The fourth-order valence-electron chi connectivity index (χ4n) is 2.99. The molecule has 0 amide bonds. The maximum absolute atomic E-state index is 10.3. The number of benzene rings is 1. The van der Waals surface area contributed by atoms with Crippen molar-refractivity contribution < 1.29 is 5.11 Å². The number of nitrogens with two attached hydrogens (primary N) is 1. The summed E-state index contributed by atoms with van der Waals surface area (Å²) in [5.74, 6) is 0.642. The molecule has 2 rings (SSSR count). The zero-order chi connectivity index (χ0) is 14.0. The van der Waals surface area contributed by atoms with Crippen molar-refractivity contribution in [2.24, 2.45) is 5.92 Å². The number of aliphatic hydroxyl groups is 1. The fraction of sp³-hybridized carbons (Fsp3) is 0.600. The number of anilines is 1. The van der Waals surface area contributed by atoms with Gasteiger partial charge in [0.25, 0.3) is 0 Å². The van der Waals surface area contributed by atoms with Crippen LogP contribution in [-0.4, -0.2) is 54.7 Å². The molecule has 106 valence electrons. The zero-order valence-electron chi connectivity index (χ0n) is 12.1. The molecular weight excluding hydrogens is 238 g/mol. The molecule has 0 aliphatic carbocycles. The van der Waals surface area contributed by atoms with Crippen molar-refractivity contribution in [2.75, 3.05) is 39.5 Å². The average molecular weight is 263 g/mol. The van der Waals surface area contributed by atoms with Crippen LogP contribution in [0.2, 0.25) is 0 Å². The van der Waals surface area contributed by atoms with E-state index < -0.39 is 6.10 Å². The van der Waals surface area contributed by atoms with Crippen molar-refractivity contribution in [3.8, 4) is 0 Å². The predicted octanol–water partition coefficient (Wildman–Crippen LogP) is 1.18. The van der Waals surface area contributed by atoms with Gasteiger partial charge in [-0.1, -0.05) is 19.1 Å². The third kappa shape index (κ3) is 3.47. The Kier molecular flexibility index (Phi) is 4.45. The van der Waals surface area contributed by atoms with E-state index in [4.69, 9.17) is 5.73 Å². The SMILES string of the molecule is CC1CN(CC(O)c2cccc(N)c2)CC1N(C)C. The van der Waals surface area contributed by atoms with E-state index in [1.54, 1.807) is 0 Å². The van der Waals surface area contributed by atoms with Crippen LogP contribution in [0.5, 0.6) is 0 Å². The van der Waals surface area contributed by atoms with Gasteiger partial charge in [-0.2, -0.15) is 0 Å². The lowest BCUT2D eigenvalue weighted by Crippen LogP contribution is -2.35. The molecule has 0 spiro atoms. The van der Waals surface area contributed by atoms with E-state index in [9.17, 15) is 5.11 Å². The summed E-state index contributed by atoms with van der Waals surface area (Å²) in [5, 5.41) is 10.3. The molecule has 1 saturated heterocycles. The smallest absolute Gasteiger partial charge is 0.0917 e. The summed E-state index contributed by atoms with van der Waals surface area (Å²) in [7, 11) is 4.25. The van der Waals surface area contributed by atoms with Crippen LogP contribution in [0.15, 0.2) is 24.3 Å². The van der Waals surface area contributed by atoms with E-state index >= 15 is 0 Å². The van der Waals surface area contributed by atoms with Crippen LogP contribution >= 0.6 is 0 Å². The molecular formula is C15H25N3O. The summed E-state index contributed by atoms with van der Waals surface area (Å²) in [6.07, 6.45) is -0.461. The zero-order valence-corrected chi connectivity index (χ0v) is 12.1. The predicted molar refractivity (Wildman–Crippen MR) is 78.9 cm³/mol. The molecule has 1 aromatic carbocycles. The standard InChI is InChI=1S/C15H25N3O/c1-11-8-18(9-14(11)17(2)3)10-15(19)12-5-4-6-13(16)7-12/h4-7,11,14-15,19H,8-10,16H2,1-3H3. The van der Waals surface area contributed by atoms with E-state index in [-0.39, 0.29) is 0 Å². The second-order valence-corrected chi connectivity index (χ2v) is 5.91. The first-order valence-corrected chi connectivity index (χ1v) is 6.89. The maximum Gasteiger partial charge on any atom is 0.0917 e. The molecule has 1 aromatic rings. The second kappa shape index (κ2) is 5.90. The summed E-state index contributed by atoms with van der Waals surface area (Å²) in [4.78, 5) is 4.61. The highest BCUT2D eigenvalue weighted by atomic mass is 16.3. The highest BCUT2D eigenvalue weighted by Crippen LogP contribution is 2.23. The fourth-order valence-corrected chi connectivity index (χ4v) is 2.99. The van der Waals surface area contributed by atoms with Crippen molar-refractivity contribution in [1.82, 2.24) is 9.80 Å². The summed E-state index contributed by atoms with van der Waals surface area (Å²) in [6, 6.07) is 8.10. The van der Waals surface area contributed by atoms with E-state index in [0.29, 0.717) is 24.2 Å². The number of likely N-dealkylation sites (N-methyl/N-ethyl adjacent to an activating group) is 1. The van der Waals surface area contributed by atoms with Crippen LogP contribution in [-0.2, 0) is 0 Å². The van der Waals surface area contributed by atoms with Gasteiger partial charge in [-0.05, 0) is 37.7 Å². The minimum atomic E-state index is -0.461. The molecule has 1 fully saturated rings. The highest BCUT2D eigenvalue weighted by Gasteiger charge is 2.31. The van der Waals surface area contributed by atoms with Crippen LogP contribution in [0.1, 0.15) is 18.6 Å². The lowest BCUT2D eigenvalue weighted by molar-refractivity contribution is 0.122. The highest BCUT2D eigenvalue weighted by molar-refractivity contribution is 5.41. The monoisotopic (exact) mass is 263 g/mol. The minimum Gasteiger partial charge on any atom is -0.399 e. The molecule has 0 aromatic heterocycles. The Labute approximate surface area is 115 Å². The van der Waals surface area contributed by atoms with Crippen LogP contribution < -0.4 is 5.73 Å². The number of β-amino-alcohol motifs (C(OH)–C–C–N with tert-alkyl or cyclic N) is 1. The number of aliphatic hydroxyl groups excluding tert-OH is 1. The molecule has 3 unspecified atom stereocenters. The van der Waals surface area contributed by atoms with Crippen molar-refractivity contribution in [2.45, 2.75) is 19.1 Å². The third-order valence-corrected chi connectivity index (χ3v) is 4.04. The van der Waals surface area contributed by atoms with Crippen molar-refractivity contribution in [3.05, 3.63) is 29.8 Å². The van der Waals surface area contributed by atoms with Crippen molar-refractivity contribution in [3.63, 3.8) is 0 Å². The topological polar surface area (TPSA) is 52.7 Å². The lowest BCUT2D eigenvalue weighted by Gasteiger charge is -2.23. The molecule has 0 radical (unpaired) electrons. The number of nitrogen functional groups attached to an aromatic ring is 1. The summed E-state index contributed by atoms with van der Waals surface area (Å²) >= 11 is 0. The molecule has 4 nitrogen and oxygen atoms in total. The quantitative estimate of drug-likeness (QED) is 0.801. The largest absolute Gasteiger partial charge is 0.399 e. The van der Waals surface area contributed by atoms with Gasteiger partial charge in [0.15, 0.2) is 0 Å². The molecule has 4 heteroatoms. The van der Waals surface area contributed by atoms with Crippen LogP contribution in [0.25, 0.3) is 0 Å². The van der Waals surface area contributed by atoms with E-state index in [1.807, 2.05) is 24.3 Å². The lowest BCUT2D eigenvalue weighted by atomic mass is 10.1. The van der Waals surface area contributed by atoms with Crippen molar-refractivity contribution in [1.29, 1.82) is 0 Å². The Balaban J connectivity index is 1.95. The van der Waals surface area contributed by atoms with Crippen LogP contribution in [0.4, 0.5) is 5.69 Å². The number of hydrogen-bond acceptors (Lipinski definition) is 4. The summed E-state index contributed by atoms with van der Waals surface area (Å²) in [5.41, 5.74) is 7.37. The molecule has 0 bridgehead atoms. The van der Waals surface area contributed by atoms with Gasteiger partial charge in [0, 0.05) is 31.4 Å². The Morgan fingerprint density at radius 1 is 1.42 bits per heavy atom. The molecule has 0 saturated carbocycles.